The van der Waals surface area contributed by atoms with Crippen LogP contribution in [-0.4, -0.2) is 45.8 Å². The van der Waals surface area contributed by atoms with Gasteiger partial charge in [0.25, 0.3) is 0 Å². The summed E-state index contributed by atoms with van der Waals surface area (Å²) in [7, 11) is 0. The van der Waals surface area contributed by atoms with Gasteiger partial charge in [0, 0.05) is 18.7 Å². The van der Waals surface area contributed by atoms with Crippen LogP contribution >= 0.6 is 0 Å². The van der Waals surface area contributed by atoms with Crippen LogP contribution in [0.25, 0.3) is 0 Å². The zero-order valence-corrected chi connectivity index (χ0v) is 8.16. The number of aliphatic hydroxyl groups excluding tert-OH is 2. The lowest BCUT2D eigenvalue weighted by Gasteiger charge is -2.35. The molecular formula is C9H17NO3. The quantitative estimate of drug-likeness (QED) is 0.640. The van der Waals surface area contributed by atoms with Crippen molar-refractivity contribution >= 4 is 5.91 Å². The first-order valence-corrected chi connectivity index (χ1v) is 4.57. The lowest BCUT2D eigenvalue weighted by atomic mass is 9.99. The molecule has 1 unspecified atom stereocenters. The van der Waals surface area contributed by atoms with E-state index in [9.17, 15) is 9.90 Å². The minimum absolute atomic E-state index is 0.0223. The number of rotatable bonds is 3. The van der Waals surface area contributed by atoms with Crippen molar-refractivity contribution in [2.75, 3.05) is 13.2 Å². The predicted octanol–water partition coefficient (Wildman–Crippen LogP) is -0.259. The summed E-state index contributed by atoms with van der Waals surface area (Å²) in [6, 6.07) is 0. The van der Waals surface area contributed by atoms with E-state index in [0.717, 1.165) is 0 Å². The Morgan fingerprint density at radius 1 is 1.62 bits per heavy atom. The van der Waals surface area contributed by atoms with Gasteiger partial charge in [-0.2, -0.15) is 0 Å². The molecule has 1 aliphatic rings. The molecule has 0 radical (unpaired) electrons. The van der Waals surface area contributed by atoms with Crippen LogP contribution < -0.4 is 0 Å². The van der Waals surface area contributed by atoms with E-state index in [1.165, 1.54) is 0 Å². The summed E-state index contributed by atoms with van der Waals surface area (Å²) >= 11 is 0. The van der Waals surface area contributed by atoms with E-state index in [1.807, 2.05) is 13.8 Å². The van der Waals surface area contributed by atoms with Gasteiger partial charge in [0.1, 0.15) is 0 Å². The van der Waals surface area contributed by atoms with Gasteiger partial charge in [-0.3, -0.25) is 4.79 Å². The number of hydrogen-bond acceptors (Lipinski definition) is 3. The Balaban J connectivity index is 2.65. The van der Waals surface area contributed by atoms with Crippen LogP contribution in [0.3, 0.4) is 0 Å². The van der Waals surface area contributed by atoms with Gasteiger partial charge in [0.2, 0.25) is 5.91 Å². The average molecular weight is 187 g/mol. The van der Waals surface area contributed by atoms with Gasteiger partial charge in [0.05, 0.1) is 12.5 Å². The maximum Gasteiger partial charge on any atom is 0.225 e. The van der Waals surface area contributed by atoms with Crippen LogP contribution in [-0.2, 0) is 4.79 Å². The summed E-state index contributed by atoms with van der Waals surface area (Å²) in [5.41, 5.74) is -0.344. The first-order chi connectivity index (χ1) is 5.97. The highest BCUT2D eigenvalue weighted by atomic mass is 16.3. The maximum absolute atomic E-state index is 11.4. The molecule has 0 spiro atoms. The van der Waals surface area contributed by atoms with Crippen molar-refractivity contribution in [1.82, 2.24) is 4.90 Å². The first kappa shape index (κ1) is 10.5. The molecule has 76 valence electrons. The Morgan fingerprint density at radius 3 is 2.62 bits per heavy atom. The number of hydrogen-bond donors (Lipinski definition) is 2. The van der Waals surface area contributed by atoms with E-state index in [0.29, 0.717) is 13.0 Å². The fourth-order valence-electron chi connectivity index (χ4n) is 1.68. The number of nitrogens with zero attached hydrogens (tertiary/aromatic N) is 1. The number of likely N-dealkylation sites (tertiary alicyclic amines) is 1. The second kappa shape index (κ2) is 3.64. The summed E-state index contributed by atoms with van der Waals surface area (Å²) in [5.74, 6) is -0.0223. The highest BCUT2D eigenvalue weighted by molar-refractivity contribution is 5.79. The molecule has 1 atom stereocenters. The van der Waals surface area contributed by atoms with Crippen LogP contribution in [0.4, 0.5) is 0 Å². The zero-order chi connectivity index (χ0) is 10.1. The van der Waals surface area contributed by atoms with Gasteiger partial charge in [0.15, 0.2) is 0 Å². The predicted molar refractivity (Wildman–Crippen MR) is 48.1 cm³/mol. The maximum atomic E-state index is 11.4. The second-order valence-electron chi connectivity index (χ2n) is 4.15. The molecule has 0 aliphatic carbocycles. The van der Waals surface area contributed by atoms with E-state index in [2.05, 4.69) is 0 Å². The molecule has 2 N–H and O–H groups in total. The number of amides is 1. The second-order valence-corrected chi connectivity index (χ2v) is 4.15. The molecule has 1 rings (SSSR count). The van der Waals surface area contributed by atoms with Gasteiger partial charge in [-0.05, 0) is 20.3 Å². The molecule has 1 heterocycles. The zero-order valence-electron chi connectivity index (χ0n) is 8.16. The Hall–Kier alpha value is -0.610. The van der Waals surface area contributed by atoms with Crippen molar-refractivity contribution in [1.29, 1.82) is 0 Å². The molecule has 1 saturated heterocycles. The van der Waals surface area contributed by atoms with Crippen molar-refractivity contribution in [3.05, 3.63) is 0 Å². The standard InChI is InChI=1S/C9H17NO3/c1-9(2,3-4-11)10-6-7(12)5-8(10)13/h7,11-12H,3-6H2,1-2H3. The molecule has 0 aromatic rings. The van der Waals surface area contributed by atoms with Gasteiger partial charge in [-0.1, -0.05) is 0 Å². The largest absolute Gasteiger partial charge is 0.396 e. The highest BCUT2D eigenvalue weighted by Gasteiger charge is 2.37. The van der Waals surface area contributed by atoms with E-state index in [-0.39, 0.29) is 24.5 Å². The fourth-order valence-corrected chi connectivity index (χ4v) is 1.68. The van der Waals surface area contributed by atoms with Gasteiger partial charge in [-0.25, -0.2) is 0 Å². The van der Waals surface area contributed by atoms with Crippen LogP contribution in [0.1, 0.15) is 26.7 Å². The van der Waals surface area contributed by atoms with Crippen LogP contribution in [0, 0.1) is 0 Å². The molecule has 13 heavy (non-hydrogen) atoms. The van der Waals surface area contributed by atoms with Crippen LogP contribution in [0.5, 0.6) is 0 Å². The third-order valence-electron chi connectivity index (χ3n) is 2.56. The van der Waals surface area contributed by atoms with Crippen molar-refractivity contribution in [3.8, 4) is 0 Å². The van der Waals surface area contributed by atoms with Crippen molar-refractivity contribution in [2.24, 2.45) is 0 Å². The normalized spacial score (nSPS) is 24.2. The highest BCUT2D eigenvalue weighted by Crippen LogP contribution is 2.24. The summed E-state index contributed by atoms with van der Waals surface area (Å²) in [5, 5.41) is 18.1. The summed E-state index contributed by atoms with van der Waals surface area (Å²) in [6.45, 7) is 4.26. The number of carbonyl (C=O) groups is 1. The SMILES string of the molecule is CC(C)(CCO)N1CC(O)CC1=O. The monoisotopic (exact) mass is 187 g/mol. The minimum atomic E-state index is -0.537. The van der Waals surface area contributed by atoms with Crippen molar-refractivity contribution < 1.29 is 15.0 Å². The molecule has 0 aromatic carbocycles. The molecule has 0 bridgehead atoms. The smallest absolute Gasteiger partial charge is 0.225 e. The van der Waals surface area contributed by atoms with E-state index in [1.54, 1.807) is 4.90 Å². The van der Waals surface area contributed by atoms with Gasteiger partial charge in [-0.15, -0.1) is 0 Å². The fraction of sp³-hybridized carbons (Fsp3) is 0.889. The third-order valence-corrected chi connectivity index (χ3v) is 2.56. The molecule has 1 fully saturated rings. The molecule has 4 nitrogen and oxygen atoms in total. The molecule has 1 aliphatic heterocycles. The summed E-state index contributed by atoms with van der Waals surface area (Å²) in [4.78, 5) is 13.0. The van der Waals surface area contributed by atoms with Gasteiger partial charge < -0.3 is 15.1 Å². The lowest BCUT2D eigenvalue weighted by molar-refractivity contribution is -0.132. The topological polar surface area (TPSA) is 60.8 Å². The number of β-amino-alcohol motifs (C(OH)–C–C–N with tert-alkyl or cyclic N) is 1. The lowest BCUT2D eigenvalue weighted by Crippen LogP contribution is -2.45. The van der Waals surface area contributed by atoms with Crippen LogP contribution in [0.2, 0.25) is 0 Å². The van der Waals surface area contributed by atoms with Crippen LogP contribution in [0.15, 0.2) is 0 Å². The Kier molecular flexibility index (Phi) is 2.93. The molecule has 1 amide bonds. The molecular weight excluding hydrogens is 170 g/mol. The Bertz CT molecular complexity index is 203. The molecule has 0 aromatic heterocycles. The average Bonchev–Trinajstić information content (AvgIpc) is 2.30. The molecule has 4 heteroatoms. The third kappa shape index (κ3) is 2.19. The Labute approximate surface area is 78.2 Å². The van der Waals surface area contributed by atoms with E-state index >= 15 is 0 Å². The van der Waals surface area contributed by atoms with Crippen molar-refractivity contribution in [3.63, 3.8) is 0 Å². The summed E-state index contributed by atoms with van der Waals surface area (Å²) < 4.78 is 0. The minimum Gasteiger partial charge on any atom is -0.396 e. The summed E-state index contributed by atoms with van der Waals surface area (Å²) in [6.07, 6.45) is 0.228. The Morgan fingerprint density at radius 2 is 2.23 bits per heavy atom. The van der Waals surface area contributed by atoms with Gasteiger partial charge >= 0.3 is 0 Å². The van der Waals surface area contributed by atoms with Crippen molar-refractivity contribution in [2.45, 2.75) is 38.3 Å². The van der Waals surface area contributed by atoms with E-state index < -0.39 is 6.10 Å². The number of carbonyl (C=O) groups excluding carboxylic acids is 1. The van der Waals surface area contributed by atoms with E-state index in [4.69, 9.17) is 5.11 Å². The molecule has 0 saturated carbocycles. The number of aliphatic hydroxyl groups is 2. The first-order valence-electron chi connectivity index (χ1n) is 4.57.